The highest BCUT2D eigenvalue weighted by Gasteiger charge is 2.08. The molecule has 0 aliphatic heterocycles. The number of fused-ring (bicyclic) bond motifs is 1. The van der Waals surface area contributed by atoms with Crippen LogP contribution in [0.25, 0.3) is 10.9 Å². The molecule has 1 heterocycles. The lowest BCUT2D eigenvalue weighted by molar-refractivity contribution is 0.415. The second-order valence-electron chi connectivity index (χ2n) is 4.79. The Morgan fingerprint density at radius 3 is 2.63 bits per heavy atom. The second kappa shape index (κ2) is 5.91. The summed E-state index contributed by atoms with van der Waals surface area (Å²) in [6.45, 7) is 7.36. The van der Waals surface area contributed by atoms with E-state index in [1.165, 1.54) is 5.56 Å². The lowest BCUT2D eigenvalue weighted by Gasteiger charge is -2.13. The summed E-state index contributed by atoms with van der Waals surface area (Å²) in [5, 5.41) is 4.57. The molecule has 0 saturated heterocycles. The molecule has 0 aliphatic rings. The van der Waals surface area contributed by atoms with Crippen molar-refractivity contribution in [2.75, 3.05) is 19.0 Å². The summed E-state index contributed by atoms with van der Waals surface area (Å²) in [5.74, 6) is 1.91. The van der Waals surface area contributed by atoms with Crippen LogP contribution in [0.4, 0.5) is 5.82 Å². The van der Waals surface area contributed by atoms with E-state index in [9.17, 15) is 0 Å². The molecule has 0 atom stereocenters. The number of benzene rings is 1. The molecule has 3 heteroatoms. The summed E-state index contributed by atoms with van der Waals surface area (Å²) in [6.07, 6.45) is 2.08. The fraction of sp³-hybridized carbons (Fsp3) is 0.438. The topological polar surface area (TPSA) is 34.2 Å². The number of methoxy groups -OCH3 is 1. The van der Waals surface area contributed by atoms with Crippen molar-refractivity contribution in [3.63, 3.8) is 0 Å². The van der Waals surface area contributed by atoms with Crippen LogP contribution in [0.2, 0.25) is 0 Å². The third-order valence-corrected chi connectivity index (χ3v) is 3.32. The zero-order valence-corrected chi connectivity index (χ0v) is 12.2. The second-order valence-corrected chi connectivity index (χ2v) is 4.79. The third-order valence-electron chi connectivity index (χ3n) is 3.32. The molecule has 2 aromatic rings. The molecular weight excluding hydrogens is 236 g/mol. The van der Waals surface area contributed by atoms with E-state index >= 15 is 0 Å². The summed E-state index contributed by atoms with van der Waals surface area (Å²) >= 11 is 0. The molecule has 102 valence electrons. The van der Waals surface area contributed by atoms with Gasteiger partial charge in [0.1, 0.15) is 11.6 Å². The first-order chi connectivity index (χ1) is 9.19. The first-order valence-corrected chi connectivity index (χ1v) is 6.91. The highest BCUT2D eigenvalue weighted by atomic mass is 16.5. The maximum Gasteiger partial charge on any atom is 0.129 e. The number of ether oxygens (including phenoxy) is 1. The SMILES string of the molecule is CCCNc1nc2c(C)cc(OC)cc2cc1CC. The van der Waals surface area contributed by atoms with Gasteiger partial charge in [0.2, 0.25) is 0 Å². The monoisotopic (exact) mass is 258 g/mol. The van der Waals surface area contributed by atoms with Gasteiger partial charge in [-0.1, -0.05) is 13.8 Å². The molecule has 0 spiro atoms. The molecule has 0 aliphatic carbocycles. The van der Waals surface area contributed by atoms with Crippen LogP contribution in [0, 0.1) is 6.92 Å². The van der Waals surface area contributed by atoms with E-state index in [-0.39, 0.29) is 0 Å². The maximum atomic E-state index is 5.33. The zero-order chi connectivity index (χ0) is 13.8. The molecule has 0 fully saturated rings. The Labute approximate surface area is 115 Å². The van der Waals surface area contributed by atoms with Crippen LogP contribution < -0.4 is 10.1 Å². The number of hydrogen-bond donors (Lipinski definition) is 1. The summed E-state index contributed by atoms with van der Waals surface area (Å²) in [5.41, 5.74) is 3.46. The number of aryl methyl sites for hydroxylation is 2. The predicted octanol–water partition coefficient (Wildman–Crippen LogP) is 3.94. The Morgan fingerprint density at radius 2 is 2.00 bits per heavy atom. The van der Waals surface area contributed by atoms with Crippen LogP contribution in [-0.2, 0) is 6.42 Å². The van der Waals surface area contributed by atoms with Gasteiger partial charge in [0.25, 0.3) is 0 Å². The first-order valence-electron chi connectivity index (χ1n) is 6.91. The molecule has 1 aromatic heterocycles. The molecule has 0 unspecified atom stereocenters. The zero-order valence-electron chi connectivity index (χ0n) is 12.2. The average molecular weight is 258 g/mol. The van der Waals surface area contributed by atoms with Crippen LogP contribution >= 0.6 is 0 Å². The minimum atomic E-state index is 0.892. The van der Waals surface area contributed by atoms with Gasteiger partial charge in [-0.05, 0) is 49.1 Å². The van der Waals surface area contributed by atoms with Crippen LogP contribution in [0.15, 0.2) is 18.2 Å². The molecular formula is C16H22N2O. The number of aromatic nitrogens is 1. The van der Waals surface area contributed by atoms with Crippen LogP contribution in [-0.4, -0.2) is 18.6 Å². The molecule has 1 N–H and O–H groups in total. The lowest BCUT2D eigenvalue weighted by Crippen LogP contribution is -2.05. The Balaban J connectivity index is 2.56. The van der Waals surface area contributed by atoms with E-state index < -0.39 is 0 Å². The van der Waals surface area contributed by atoms with Gasteiger partial charge in [-0.2, -0.15) is 0 Å². The van der Waals surface area contributed by atoms with E-state index in [4.69, 9.17) is 9.72 Å². The van der Waals surface area contributed by atoms with Gasteiger partial charge in [-0.3, -0.25) is 0 Å². The van der Waals surface area contributed by atoms with Crippen molar-refractivity contribution in [3.8, 4) is 5.75 Å². The number of hydrogen-bond acceptors (Lipinski definition) is 3. The van der Waals surface area contributed by atoms with Crippen molar-refractivity contribution in [1.82, 2.24) is 4.98 Å². The molecule has 19 heavy (non-hydrogen) atoms. The van der Waals surface area contributed by atoms with Gasteiger partial charge in [0.05, 0.1) is 12.6 Å². The Bertz CT molecular complexity index is 578. The lowest BCUT2D eigenvalue weighted by atomic mass is 10.1. The fourth-order valence-corrected chi connectivity index (χ4v) is 2.26. The van der Waals surface area contributed by atoms with Crippen LogP contribution in [0.3, 0.4) is 0 Å². The van der Waals surface area contributed by atoms with Crippen LogP contribution in [0.5, 0.6) is 5.75 Å². The molecule has 0 amide bonds. The largest absolute Gasteiger partial charge is 0.497 e. The summed E-state index contributed by atoms with van der Waals surface area (Å²) < 4.78 is 5.33. The van der Waals surface area contributed by atoms with Gasteiger partial charge in [0, 0.05) is 11.9 Å². The van der Waals surface area contributed by atoms with Gasteiger partial charge < -0.3 is 10.1 Å². The standard InChI is InChI=1S/C16H22N2O/c1-5-7-17-16-12(6-2)9-13-10-14(19-4)8-11(3)15(13)18-16/h8-10H,5-7H2,1-4H3,(H,17,18). The van der Waals surface area contributed by atoms with Crippen molar-refractivity contribution in [2.24, 2.45) is 0 Å². The predicted molar refractivity (Wildman–Crippen MR) is 81.2 cm³/mol. The highest BCUT2D eigenvalue weighted by Crippen LogP contribution is 2.27. The third kappa shape index (κ3) is 2.80. The smallest absolute Gasteiger partial charge is 0.129 e. The Kier molecular flexibility index (Phi) is 4.25. The van der Waals surface area contributed by atoms with Crippen molar-refractivity contribution < 1.29 is 4.74 Å². The Hall–Kier alpha value is -1.77. The molecule has 0 saturated carbocycles. The Morgan fingerprint density at radius 1 is 1.21 bits per heavy atom. The average Bonchev–Trinajstić information content (AvgIpc) is 2.44. The van der Waals surface area contributed by atoms with Crippen LogP contribution in [0.1, 0.15) is 31.4 Å². The molecule has 2 rings (SSSR count). The molecule has 1 aromatic carbocycles. The number of nitrogens with zero attached hydrogens (tertiary/aromatic N) is 1. The molecule has 3 nitrogen and oxygen atoms in total. The van der Waals surface area contributed by atoms with Gasteiger partial charge >= 0.3 is 0 Å². The minimum absolute atomic E-state index is 0.892. The van der Waals surface area contributed by atoms with Crippen molar-refractivity contribution >= 4 is 16.7 Å². The van der Waals surface area contributed by atoms with E-state index in [1.807, 2.05) is 6.07 Å². The van der Waals surface area contributed by atoms with Gasteiger partial charge in [-0.25, -0.2) is 4.98 Å². The number of nitrogens with one attached hydrogen (secondary N) is 1. The summed E-state index contributed by atoms with van der Waals surface area (Å²) in [4.78, 5) is 4.79. The normalized spacial score (nSPS) is 10.7. The summed E-state index contributed by atoms with van der Waals surface area (Å²) in [6, 6.07) is 6.30. The van der Waals surface area contributed by atoms with Crippen molar-refractivity contribution in [3.05, 3.63) is 29.3 Å². The van der Waals surface area contributed by atoms with E-state index in [1.54, 1.807) is 7.11 Å². The van der Waals surface area contributed by atoms with E-state index in [0.29, 0.717) is 0 Å². The quantitative estimate of drug-likeness (QED) is 0.882. The number of rotatable bonds is 5. The molecule has 0 radical (unpaired) electrons. The van der Waals surface area contributed by atoms with Crippen molar-refractivity contribution in [1.29, 1.82) is 0 Å². The van der Waals surface area contributed by atoms with E-state index in [2.05, 4.69) is 38.2 Å². The highest BCUT2D eigenvalue weighted by molar-refractivity contribution is 5.86. The number of anilines is 1. The fourth-order valence-electron chi connectivity index (χ4n) is 2.26. The molecule has 0 bridgehead atoms. The first kappa shape index (κ1) is 13.7. The van der Waals surface area contributed by atoms with Gasteiger partial charge in [0.15, 0.2) is 0 Å². The van der Waals surface area contributed by atoms with E-state index in [0.717, 1.165) is 47.4 Å². The summed E-state index contributed by atoms with van der Waals surface area (Å²) in [7, 11) is 1.70. The maximum absolute atomic E-state index is 5.33. The van der Waals surface area contributed by atoms with Gasteiger partial charge in [-0.15, -0.1) is 0 Å². The van der Waals surface area contributed by atoms with Crippen molar-refractivity contribution in [2.45, 2.75) is 33.6 Å². The number of pyridine rings is 1. The minimum Gasteiger partial charge on any atom is -0.497 e.